The van der Waals surface area contributed by atoms with E-state index in [1.54, 1.807) is 0 Å². The summed E-state index contributed by atoms with van der Waals surface area (Å²) in [6, 6.07) is 0. The second-order valence-electron chi connectivity index (χ2n) is 21.3. The molecule has 0 aromatic rings. The molecule has 0 spiro atoms. The normalized spacial score (nSPS) is 12.8. The third-order valence-corrected chi connectivity index (χ3v) is 13.8. The highest BCUT2D eigenvalue weighted by Crippen LogP contribution is 2.16. The summed E-state index contributed by atoms with van der Waals surface area (Å²) in [6.07, 6.45) is 88.4. The van der Waals surface area contributed by atoms with Crippen LogP contribution in [0.1, 0.15) is 303 Å². The van der Waals surface area contributed by atoms with Crippen molar-refractivity contribution in [2.75, 3.05) is 13.2 Å². The van der Waals surface area contributed by atoms with Crippen molar-refractivity contribution in [1.82, 2.24) is 0 Å². The van der Waals surface area contributed by atoms with Gasteiger partial charge in [0, 0.05) is 19.3 Å². The van der Waals surface area contributed by atoms with Crippen molar-refractivity contribution in [3.05, 3.63) is 109 Å². The highest BCUT2D eigenvalue weighted by Gasteiger charge is 2.19. The van der Waals surface area contributed by atoms with Gasteiger partial charge in [-0.3, -0.25) is 14.4 Å². The van der Waals surface area contributed by atoms with E-state index in [4.69, 9.17) is 14.2 Å². The summed E-state index contributed by atoms with van der Waals surface area (Å²) in [5.41, 5.74) is 0. The number of carbonyl (C=O) groups is 3. The summed E-state index contributed by atoms with van der Waals surface area (Å²) in [4.78, 5) is 38.1. The lowest BCUT2D eigenvalue weighted by atomic mass is 10.0. The smallest absolute Gasteiger partial charge is 0.306 e. The molecule has 0 amide bonds. The summed E-state index contributed by atoms with van der Waals surface area (Å²) in [5, 5.41) is 0. The fraction of sp³-hybridized carbons (Fsp3) is 0.704. The molecule has 0 aliphatic rings. The van der Waals surface area contributed by atoms with Crippen LogP contribution in [0.15, 0.2) is 109 Å². The van der Waals surface area contributed by atoms with Gasteiger partial charge in [0.1, 0.15) is 13.2 Å². The van der Waals surface area contributed by atoms with Crippen molar-refractivity contribution in [3.8, 4) is 0 Å². The quantitative estimate of drug-likeness (QED) is 0.0261. The van der Waals surface area contributed by atoms with Gasteiger partial charge in [-0.05, 0) is 109 Å². The van der Waals surface area contributed by atoms with Crippen LogP contribution < -0.4 is 0 Å². The van der Waals surface area contributed by atoms with Gasteiger partial charge >= 0.3 is 17.9 Å². The van der Waals surface area contributed by atoms with Crippen LogP contribution in [0.5, 0.6) is 0 Å². The molecule has 0 heterocycles. The average molecular weight is 1070 g/mol. The fourth-order valence-corrected chi connectivity index (χ4v) is 8.92. The molecule has 0 saturated carbocycles. The summed E-state index contributed by atoms with van der Waals surface area (Å²) in [7, 11) is 0. The Kier molecular flexibility index (Phi) is 61.3. The van der Waals surface area contributed by atoms with E-state index in [1.165, 1.54) is 141 Å². The molecule has 0 N–H and O–H groups in total. The standard InChI is InChI=1S/C71H120O6/c1-4-7-10-13-16-18-20-22-24-26-28-30-32-33-34-35-36-37-39-40-42-44-46-48-50-52-55-58-61-64-70(73)76-67-68(66-75-69(72)63-60-57-54-15-12-9-6-3)77-71(74)65-62-59-56-53-51-49-47-45-43-41-38-31-29-27-25-23-21-19-17-14-11-8-5-2/h8,11,17,19-20,22-23,25-26,28-29,31-33,41,43,47,49,68H,4-7,9-10,12-16,18,21,24,27,30,34-40,42,44-46,48,50-67H2,1-3H3/b11-8-,19-17-,22-20-,25-23-,28-26-,31-29-,33-32-,43-41-,49-47-. The van der Waals surface area contributed by atoms with Crippen LogP contribution in [-0.2, 0) is 28.6 Å². The maximum Gasteiger partial charge on any atom is 0.306 e. The number of ether oxygens (including phenoxy) is 3. The van der Waals surface area contributed by atoms with E-state index in [0.717, 1.165) is 122 Å². The maximum absolute atomic E-state index is 12.9. The highest BCUT2D eigenvalue weighted by molar-refractivity contribution is 5.71. The van der Waals surface area contributed by atoms with Crippen LogP contribution in [0.2, 0.25) is 0 Å². The lowest BCUT2D eigenvalue weighted by Crippen LogP contribution is -2.30. The molecule has 0 aromatic heterocycles. The maximum atomic E-state index is 12.9. The van der Waals surface area contributed by atoms with Crippen LogP contribution in [0.25, 0.3) is 0 Å². The fourth-order valence-electron chi connectivity index (χ4n) is 8.92. The van der Waals surface area contributed by atoms with Gasteiger partial charge in [0.2, 0.25) is 0 Å². The topological polar surface area (TPSA) is 78.9 Å². The van der Waals surface area contributed by atoms with E-state index in [2.05, 4.69) is 130 Å². The van der Waals surface area contributed by atoms with E-state index in [9.17, 15) is 14.4 Å². The van der Waals surface area contributed by atoms with E-state index in [-0.39, 0.29) is 31.1 Å². The molecular formula is C71H120O6. The molecule has 0 rings (SSSR count). The molecule has 0 radical (unpaired) electrons. The Hall–Kier alpha value is -3.93. The van der Waals surface area contributed by atoms with Crippen molar-refractivity contribution < 1.29 is 28.6 Å². The Balaban J connectivity index is 4.17. The van der Waals surface area contributed by atoms with Crippen LogP contribution >= 0.6 is 0 Å². The van der Waals surface area contributed by atoms with Crippen LogP contribution in [-0.4, -0.2) is 37.2 Å². The summed E-state index contributed by atoms with van der Waals surface area (Å²) < 4.78 is 16.8. The van der Waals surface area contributed by atoms with Crippen molar-refractivity contribution in [2.45, 2.75) is 309 Å². The second-order valence-corrected chi connectivity index (χ2v) is 21.3. The first-order chi connectivity index (χ1) is 38.0. The lowest BCUT2D eigenvalue weighted by molar-refractivity contribution is -0.167. The summed E-state index contributed by atoms with van der Waals surface area (Å²) >= 11 is 0. The predicted octanol–water partition coefficient (Wildman–Crippen LogP) is 22.2. The Morgan fingerprint density at radius 2 is 0.506 bits per heavy atom. The molecular weight excluding hydrogens is 949 g/mol. The van der Waals surface area contributed by atoms with Gasteiger partial charge in [-0.15, -0.1) is 0 Å². The number of carbonyl (C=O) groups excluding carboxylic acids is 3. The van der Waals surface area contributed by atoms with Gasteiger partial charge in [-0.1, -0.05) is 284 Å². The van der Waals surface area contributed by atoms with E-state index >= 15 is 0 Å². The molecule has 0 saturated heterocycles. The second kappa shape index (κ2) is 64.6. The molecule has 6 heteroatoms. The average Bonchev–Trinajstić information content (AvgIpc) is 3.43. The van der Waals surface area contributed by atoms with Crippen molar-refractivity contribution in [1.29, 1.82) is 0 Å². The SMILES string of the molecule is CC/C=C\C/C=C\C/C=C\C/C=C\C/C=C\C/C=C\CCCCCCC(=O)OC(COC(=O)CCCCCCCCC)COC(=O)CCCCCCCCCCCCCCCC/C=C\C/C=C\C/C=C\CCCCCCC. The zero-order chi connectivity index (χ0) is 55.7. The van der Waals surface area contributed by atoms with Gasteiger partial charge in [-0.2, -0.15) is 0 Å². The molecule has 0 aromatic carbocycles. The monoisotopic (exact) mass is 1070 g/mol. The van der Waals surface area contributed by atoms with Gasteiger partial charge in [0.15, 0.2) is 6.10 Å². The van der Waals surface area contributed by atoms with Crippen molar-refractivity contribution in [3.63, 3.8) is 0 Å². The van der Waals surface area contributed by atoms with Gasteiger partial charge in [-0.25, -0.2) is 0 Å². The van der Waals surface area contributed by atoms with Crippen molar-refractivity contribution in [2.24, 2.45) is 0 Å². The third kappa shape index (κ3) is 62.8. The van der Waals surface area contributed by atoms with E-state index < -0.39 is 6.10 Å². The Bertz CT molecular complexity index is 1560. The molecule has 6 nitrogen and oxygen atoms in total. The minimum absolute atomic E-state index is 0.0882. The molecule has 77 heavy (non-hydrogen) atoms. The number of esters is 3. The number of allylic oxidation sites excluding steroid dienone is 18. The zero-order valence-corrected chi connectivity index (χ0v) is 50.4. The first-order valence-corrected chi connectivity index (χ1v) is 32.4. The molecule has 1 atom stereocenters. The Morgan fingerprint density at radius 3 is 0.792 bits per heavy atom. The van der Waals surface area contributed by atoms with Crippen LogP contribution in [0, 0.1) is 0 Å². The largest absolute Gasteiger partial charge is 0.462 e. The number of unbranched alkanes of at least 4 members (excludes halogenated alkanes) is 29. The molecule has 440 valence electrons. The Morgan fingerprint density at radius 1 is 0.273 bits per heavy atom. The first-order valence-electron chi connectivity index (χ1n) is 32.4. The van der Waals surface area contributed by atoms with Gasteiger partial charge in [0.25, 0.3) is 0 Å². The molecule has 0 fully saturated rings. The zero-order valence-electron chi connectivity index (χ0n) is 50.4. The molecule has 0 bridgehead atoms. The molecule has 0 aliphatic carbocycles. The predicted molar refractivity (Wildman–Crippen MR) is 334 cm³/mol. The van der Waals surface area contributed by atoms with Crippen LogP contribution in [0.4, 0.5) is 0 Å². The minimum Gasteiger partial charge on any atom is -0.462 e. The van der Waals surface area contributed by atoms with Gasteiger partial charge < -0.3 is 14.2 Å². The highest BCUT2D eigenvalue weighted by atomic mass is 16.6. The lowest BCUT2D eigenvalue weighted by Gasteiger charge is -2.18. The minimum atomic E-state index is -0.791. The molecule has 1 unspecified atom stereocenters. The Labute approximate surface area is 476 Å². The van der Waals surface area contributed by atoms with Crippen LogP contribution in [0.3, 0.4) is 0 Å². The van der Waals surface area contributed by atoms with Crippen molar-refractivity contribution >= 4 is 17.9 Å². The summed E-state index contributed by atoms with van der Waals surface area (Å²) in [5.74, 6) is -0.915. The number of hydrogen-bond donors (Lipinski definition) is 0. The number of hydrogen-bond acceptors (Lipinski definition) is 6. The summed E-state index contributed by atoms with van der Waals surface area (Å²) in [6.45, 7) is 6.47. The molecule has 0 aliphatic heterocycles. The van der Waals surface area contributed by atoms with E-state index in [0.29, 0.717) is 19.3 Å². The number of rotatable bonds is 58. The van der Waals surface area contributed by atoms with Gasteiger partial charge in [0.05, 0.1) is 0 Å². The van der Waals surface area contributed by atoms with E-state index in [1.807, 2.05) is 0 Å². The third-order valence-electron chi connectivity index (χ3n) is 13.8. The first kappa shape index (κ1) is 73.1.